The Morgan fingerprint density at radius 2 is 1.88 bits per heavy atom. The second-order valence-electron chi connectivity index (χ2n) is 4.31. The largest absolute Gasteiger partial charge is 0.399 e. The Bertz CT molecular complexity index is 382. The number of benzene rings is 1. The van der Waals surface area contributed by atoms with Crippen LogP contribution in [0.5, 0.6) is 0 Å². The molecule has 0 aromatic heterocycles. The van der Waals surface area contributed by atoms with Gasteiger partial charge in [-0.1, -0.05) is 0 Å². The monoisotopic (exact) mass is 233 g/mol. The van der Waals surface area contributed by atoms with Gasteiger partial charge in [0.2, 0.25) is 0 Å². The number of urea groups is 1. The van der Waals surface area contributed by atoms with Crippen molar-refractivity contribution in [2.24, 2.45) is 0 Å². The molecule has 17 heavy (non-hydrogen) atoms. The van der Waals surface area contributed by atoms with Crippen molar-refractivity contribution in [2.45, 2.75) is 19.8 Å². The van der Waals surface area contributed by atoms with Crippen molar-refractivity contribution in [3.63, 3.8) is 0 Å². The van der Waals surface area contributed by atoms with Crippen molar-refractivity contribution in [1.82, 2.24) is 4.90 Å². The Labute approximate surface area is 102 Å². The van der Waals surface area contributed by atoms with Gasteiger partial charge in [0.25, 0.3) is 0 Å². The second kappa shape index (κ2) is 5.08. The summed E-state index contributed by atoms with van der Waals surface area (Å²) in [4.78, 5) is 16.0. The van der Waals surface area contributed by atoms with Gasteiger partial charge < -0.3 is 10.6 Å². The third kappa shape index (κ3) is 2.52. The lowest BCUT2D eigenvalue weighted by Gasteiger charge is -2.27. The molecule has 1 aliphatic rings. The van der Waals surface area contributed by atoms with Crippen LogP contribution in [-0.4, -0.2) is 30.6 Å². The van der Waals surface area contributed by atoms with E-state index in [-0.39, 0.29) is 6.03 Å². The maximum absolute atomic E-state index is 12.3. The molecule has 1 aromatic rings. The molecule has 1 fully saturated rings. The van der Waals surface area contributed by atoms with Crippen molar-refractivity contribution in [3.05, 3.63) is 24.3 Å². The predicted octanol–water partition coefficient (Wildman–Crippen LogP) is 2.31. The zero-order valence-corrected chi connectivity index (χ0v) is 10.2. The summed E-state index contributed by atoms with van der Waals surface area (Å²) in [5.74, 6) is 0. The zero-order chi connectivity index (χ0) is 12.3. The van der Waals surface area contributed by atoms with E-state index in [1.165, 1.54) is 0 Å². The van der Waals surface area contributed by atoms with E-state index in [0.29, 0.717) is 6.54 Å². The maximum Gasteiger partial charge on any atom is 0.324 e. The first kappa shape index (κ1) is 11.8. The minimum absolute atomic E-state index is 0.106. The number of rotatable bonds is 2. The first-order chi connectivity index (χ1) is 8.22. The fraction of sp³-hybridized carbons (Fsp3) is 0.462. The number of amides is 2. The number of nitrogens with two attached hydrogens (primary N) is 1. The van der Waals surface area contributed by atoms with Crippen LogP contribution < -0.4 is 10.6 Å². The Kier molecular flexibility index (Phi) is 3.52. The van der Waals surface area contributed by atoms with Gasteiger partial charge in [0.15, 0.2) is 0 Å². The van der Waals surface area contributed by atoms with Crippen LogP contribution in [0, 0.1) is 0 Å². The molecule has 0 bridgehead atoms. The standard InChI is InChI=1S/C13H19N3O/c1-2-16(12-7-5-11(14)6-8-12)13(17)15-9-3-4-10-15/h5-8H,2-4,9-10,14H2,1H3. The van der Waals surface area contributed by atoms with Crippen LogP contribution >= 0.6 is 0 Å². The van der Waals surface area contributed by atoms with E-state index in [1.807, 2.05) is 36.1 Å². The summed E-state index contributed by atoms with van der Waals surface area (Å²) in [6.45, 7) is 4.43. The third-order valence-electron chi connectivity index (χ3n) is 3.13. The smallest absolute Gasteiger partial charge is 0.324 e. The molecule has 1 heterocycles. The normalized spacial score (nSPS) is 15.0. The number of hydrogen-bond acceptors (Lipinski definition) is 2. The molecule has 0 saturated carbocycles. The van der Waals surface area contributed by atoms with Gasteiger partial charge in [-0.05, 0) is 44.0 Å². The Hall–Kier alpha value is -1.71. The van der Waals surface area contributed by atoms with Crippen molar-refractivity contribution < 1.29 is 4.79 Å². The van der Waals surface area contributed by atoms with Crippen LogP contribution in [0.3, 0.4) is 0 Å². The summed E-state index contributed by atoms with van der Waals surface area (Å²) in [6, 6.07) is 7.55. The van der Waals surface area contributed by atoms with E-state index in [9.17, 15) is 4.79 Å². The lowest BCUT2D eigenvalue weighted by Crippen LogP contribution is -2.41. The van der Waals surface area contributed by atoms with Gasteiger partial charge >= 0.3 is 6.03 Å². The Balaban J connectivity index is 2.14. The molecule has 2 N–H and O–H groups in total. The van der Waals surface area contributed by atoms with Crippen molar-refractivity contribution >= 4 is 17.4 Å². The van der Waals surface area contributed by atoms with E-state index in [1.54, 1.807) is 4.90 Å². The van der Waals surface area contributed by atoms with Crippen molar-refractivity contribution in [2.75, 3.05) is 30.3 Å². The van der Waals surface area contributed by atoms with Gasteiger partial charge in [0.05, 0.1) is 0 Å². The van der Waals surface area contributed by atoms with Gasteiger partial charge in [-0.3, -0.25) is 4.90 Å². The summed E-state index contributed by atoms with van der Waals surface area (Å²) < 4.78 is 0. The second-order valence-corrected chi connectivity index (χ2v) is 4.31. The highest BCUT2D eigenvalue weighted by molar-refractivity contribution is 5.92. The molecule has 4 nitrogen and oxygen atoms in total. The summed E-state index contributed by atoms with van der Waals surface area (Å²) in [7, 11) is 0. The molecule has 0 spiro atoms. The highest BCUT2D eigenvalue weighted by atomic mass is 16.2. The van der Waals surface area contributed by atoms with Crippen LogP contribution in [-0.2, 0) is 0 Å². The first-order valence-electron chi connectivity index (χ1n) is 6.14. The number of carbonyl (C=O) groups is 1. The van der Waals surface area contributed by atoms with Gasteiger partial charge in [0.1, 0.15) is 0 Å². The maximum atomic E-state index is 12.3. The average molecular weight is 233 g/mol. The lowest BCUT2D eigenvalue weighted by atomic mass is 10.2. The average Bonchev–Trinajstić information content (AvgIpc) is 2.86. The fourth-order valence-electron chi connectivity index (χ4n) is 2.16. The highest BCUT2D eigenvalue weighted by Crippen LogP contribution is 2.19. The van der Waals surface area contributed by atoms with E-state index >= 15 is 0 Å². The minimum Gasteiger partial charge on any atom is -0.399 e. The SMILES string of the molecule is CCN(C(=O)N1CCCC1)c1ccc(N)cc1. The minimum atomic E-state index is 0.106. The molecule has 1 saturated heterocycles. The van der Waals surface area contributed by atoms with Crippen molar-refractivity contribution in [3.8, 4) is 0 Å². The molecule has 0 unspecified atom stereocenters. The molecule has 92 valence electrons. The van der Waals surface area contributed by atoms with Gasteiger partial charge in [0, 0.05) is 31.0 Å². The molecular weight excluding hydrogens is 214 g/mol. The van der Waals surface area contributed by atoms with Crippen molar-refractivity contribution in [1.29, 1.82) is 0 Å². The summed E-state index contributed by atoms with van der Waals surface area (Å²) in [5, 5.41) is 0. The van der Waals surface area contributed by atoms with Crippen LogP contribution in [0.2, 0.25) is 0 Å². The highest BCUT2D eigenvalue weighted by Gasteiger charge is 2.23. The Morgan fingerprint density at radius 3 is 2.41 bits per heavy atom. The topological polar surface area (TPSA) is 49.6 Å². The number of likely N-dealkylation sites (tertiary alicyclic amines) is 1. The van der Waals surface area contributed by atoms with E-state index in [2.05, 4.69) is 0 Å². The first-order valence-corrected chi connectivity index (χ1v) is 6.14. The number of carbonyl (C=O) groups excluding carboxylic acids is 1. The fourth-order valence-corrected chi connectivity index (χ4v) is 2.16. The molecule has 2 amide bonds. The molecule has 1 aliphatic heterocycles. The molecule has 0 atom stereocenters. The summed E-state index contributed by atoms with van der Waals surface area (Å²) >= 11 is 0. The van der Waals surface area contributed by atoms with Crippen LogP contribution in [0.15, 0.2) is 24.3 Å². The summed E-state index contributed by atoms with van der Waals surface area (Å²) in [6.07, 6.45) is 2.23. The number of anilines is 2. The van der Waals surface area contributed by atoms with Gasteiger partial charge in [-0.15, -0.1) is 0 Å². The van der Waals surface area contributed by atoms with Crippen LogP contribution in [0.25, 0.3) is 0 Å². The summed E-state index contributed by atoms with van der Waals surface area (Å²) in [5.41, 5.74) is 7.29. The van der Waals surface area contributed by atoms with Crippen LogP contribution in [0.1, 0.15) is 19.8 Å². The Morgan fingerprint density at radius 1 is 1.29 bits per heavy atom. The number of hydrogen-bond donors (Lipinski definition) is 1. The van der Waals surface area contributed by atoms with Crippen LogP contribution in [0.4, 0.5) is 16.2 Å². The molecule has 1 aromatic carbocycles. The number of nitrogens with zero attached hydrogens (tertiary/aromatic N) is 2. The van der Waals surface area contributed by atoms with E-state index in [4.69, 9.17) is 5.73 Å². The third-order valence-corrected chi connectivity index (χ3v) is 3.13. The predicted molar refractivity (Wildman–Crippen MR) is 70.1 cm³/mol. The van der Waals surface area contributed by atoms with Gasteiger partial charge in [-0.25, -0.2) is 4.79 Å². The molecular formula is C13H19N3O. The molecule has 0 radical (unpaired) electrons. The zero-order valence-electron chi connectivity index (χ0n) is 10.2. The van der Waals surface area contributed by atoms with E-state index in [0.717, 1.165) is 37.3 Å². The molecule has 4 heteroatoms. The quantitative estimate of drug-likeness (QED) is 0.797. The number of nitrogen functional groups attached to an aromatic ring is 1. The van der Waals surface area contributed by atoms with E-state index < -0.39 is 0 Å². The molecule has 0 aliphatic carbocycles. The molecule has 2 rings (SSSR count). The van der Waals surface area contributed by atoms with Gasteiger partial charge in [-0.2, -0.15) is 0 Å². The lowest BCUT2D eigenvalue weighted by molar-refractivity contribution is 0.216.